The van der Waals surface area contributed by atoms with Crippen molar-refractivity contribution in [2.75, 3.05) is 0 Å². The summed E-state index contributed by atoms with van der Waals surface area (Å²) in [5.41, 5.74) is -0.551. The van der Waals surface area contributed by atoms with Crippen LogP contribution in [0.1, 0.15) is 50.3 Å². The summed E-state index contributed by atoms with van der Waals surface area (Å²) in [6.45, 7) is 5.52. The highest BCUT2D eigenvalue weighted by molar-refractivity contribution is 5.86. The summed E-state index contributed by atoms with van der Waals surface area (Å²) in [7, 11) is 0. The van der Waals surface area contributed by atoms with Crippen LogP contribution in [0, 0.1) is 0 Å². The molecule has 112 valence electrons. The lowest BCUT2D eigenvalue weighted by Gasteiger charge is -2.14. The third-order valence-corrected chi connectivity index (χ3v) is 2.91. The lowest BCUT2D eigenvalue weighted by molar-refractivity contribution is -0.137. The number of hydrogen-bond donors (Lipinski definition) is 1. The van der Waals surface area contributed by atoms with E-state index in [1.807, 2.05) is 6.92 Å². The summed E-state index contributed by atoms with van der Waals surface area (Å²) in [5, 5.41) is 10.1. The molecule has 0 aliphatic carbocycles. The van der Waals surface area contributed by atoms with Crippen LogP contribution in [0.2, 0.25) is 0 Å². The van der Waals surface area contributed by atoms with E-state index in [0.717, 1.165) is 25.1 Å². The van der Waals surface area contributed by atoms with Gasteiger partial charge in [-0.25, -0.2) is 0 Å². The SMILES string of the molecule is CCCCc1ccc(C(F)(F)F)c(C=NC(C)C)c1O. The molecule has 5 heteroatoms. The summed E-state index contributed by atoms with van der Waals surface area (Å²) in [6.07, 6.45) is -1.09. The zero-order chi connectivity index (χ0) is 15.3. The lowest BCUT2D eigenvalue weighted by Crippen LogP contribution is -2.10. The van der Waals surface area contributed by atoms with E-state index in [1.165, 1.54) is 6.07 Å². The summed E-state index contributed by atoms with van der Waals surface area (Å²) in [6, 6.07) is 2.24. The van der Waals surface area contributed by atoms with Gasteiger partial charge in [-0.3, -0.25) is 4.99 Å². The van der Waals surface area contributed by atoms with Gasteiger partial charge in [0.25, 0.3) is 0 Å². The smallest absolute Gasteiger partial charge is 0.417 e. The number of nitrogens with zero attached hydrogens (tertiary/aromatic N) is 1. The second-order valence-electron chi connectivity index (χ2n) is 5.01. The zero-order valence-corrected chi connectivity index (χ0v) is 12.0. The monoisotopic (exact) mass is 287 g/mol. The summed E-state index contributed by atoms with van der Waals surface area (Å²) in [5.74, 6) is -0.308. The first-order valence-corrected chi connectivity index (χ1v) is 6.72. The van der Waals surface area contributed by atoms with Crippen molar-refractivity contribution in [3.05, 3.63) is 28.8 Å². The van der Waals surface area contributed by atoms with E-state index in [1.54, 1.807) is 13.8 Å². The van der Waals surface area contributed by atoms with Crippen LogP contribution >= 0.6 is 0 Å². The Morgan fingerprint density at radius 1 is 1.30 bits per heavy atom. The first kappa shape index (κ1) is 16.5. The van der Waals surface area contributed by atoms with Gasteiger partial charge in [-0.15, -0.1) is 0 Å². The molecule has 20 heavy (non-hydrogen) atoms. The van der Waals surface area contributed by atoms with Crippen LogP contribution in [0.25, 0.3) is 0 Å². The number of halogens is 3. The van der Waals surface area contributed by atoms with Crippen LogP contribution in [-0.4, -0.2) is 17.4 Å². The van der Waals surface area contributed by atoms with Gasteiger partial charge >= 0.3 is 6.18 Å². The Labute approximate surface area is 117 Å². The minimum Gasteiger partial charge on any atom is -0.507 e. The van der Waals surface area contributed by atoms with E-state index in [0.29, 0.717) is 12.0 Å². The number of aliphatic imine (C=N–C) groups is 1. The molecule has 0 aromatic heterocycles. The molecule has 0 bridgehead atoms. The van der Waals surface area contributed by atoms with E-state index in [-0.39, 0.29) is 17.4 Å². The molecule has 0 amide bonds. The second kappa shape index (κ2) is 6.77. The van der Waals surface area contributed by atoms with Crippen LogP contribution in [0.5, 0.6) is 5.75 Å². The number of phenolic OH excluding ortho intramolecular Hbond substituents is 1. The van der Waals surface area contributed by atoms with Gasteiger partial charge in [-0.2, -0.15) is 13.2 Å². The van der Waals surface area contributed by atoms with Gasteiger partial charge < -0.3 is 5.11 Å². The van der Waals surface area contributed by atoms with Crippen molar-refractivity contribution >= 4 is 6.21 Å². The number of aryl methyl sites for hydroxylation is 1. The molecule has 1 aromatic carbocycles. The van der Waals surface area contributed by atoms with Crippen molar-refractivity contribution in [2.24, 2.45) is 4.99 Å². The largest absolute Gasteiger partial charge is 0.507 e. The number of aromatic hydroxyl groups is 1. The molecule has 0 atom stereocenters. The predicted molar refractivity (Wildman–Crippen MR) is 74.5 cm³/mol. The van der Waals surface area contributed by atoms with Crippen LogP contribution < -0.4 is 0 Å². The molecule has 1 N–H and O–H groups in total. The number of rotatable bonds is 5. The minimum absolute atomic E-state index is 0.130. The highest BCUT2D eigenvalue weighted by Crippen LogP contribution is 2.37. The van der Waals surface area contributed by atoms with Crippen molar-refractivity contribution in [3.63, 3.8) is 0 Å². The van der Waals surface area contributed by atoms with Crippen LogP contribution in [-0.2, 0) is 12.6 Å². The van der Waals surface area contributed by atoms with Gasteiger partial charge in [0.15, 0.2) is 0 Å². The number of hydrogen-bond acceptors (Lipinski definition) is 2. The fourth-order valence-corrected chi connectivity index (χ4v) is 1.82. The molecule has 0 saturated heterocycles. The standard InChI is InChI=1S/C15H20F3NO/c1-4-5-6-11-7-8-13(15(16,17)18)12(14(11)20)9-19-10(2)3/h7-10,20H,4-6H2,1-3H3. The molecule has 2 nitrogen and oxygen atoms in total. The van der Waals surface area contributed by atoms with Crippen molar-refractivity contribution in [1.82, 2.24) is 0 Å². The Bertz CT molecular complexity index is 479. The number of alkyl halides is 3. The van der Waals surface area contributed by atoms with Gasteiger partial charge in [0.2, 0.25) is 0 Å². The van der Waals surface area contributed by atoms with Gasteiger partial charge in [0.05, 0.1) is 5.56 Å². The van der Waals surface area contributed by atoms with Crippen molar-refractivity contribution < 1.29 is 18.3 Å². The minimum atomic E-state index is -4.50. The Morgan fingerprint density at radius 2 is 1.95 bits per heavy atom. The molecular formula is C15H20F3NO. The van der Waals surface area contributed by atoms with E-state index in [4.69, 9.17) is 0 Å². The van der Waals surface area contributed by atoms with Gasteiger partial charge in [0.1, 0.15) is 5.75 Å². The average molecular weight is 287 g/mol. The molecule has 0 radical (unpaired) electrons. The summed E-state index contributed by atoms with van der Waals surface area (Å²) >= 11 is 0. The summed E-state index contributed by atoms with van der Waals surface area (Å²) < 4.78 is 38.9. The third kappa shape index (κ3) is 4.25. The molecule has 1 aromatic rings. The molecular weight excluding hydrogens is 267 g/mol. The molecule has 0 heterocycles. The molecule has 0 saturated carbocycles. The Hall–Kier alpha value is -1.52. The topological polar surface area (TPSA) is 32.6 Å². The van der Waals surface area contributed by atoms with Crippen LogP contribution in [0.4, 0.5) is 13.2 Å². The number of phenols is 1. The fraction of sp³-hybridized carbons (Fsp3) is 0.533. The lowest BCUT2D eigenvalue weighted by atomic mass is 9.99. The molecule has 1 rings (SSSR count). The zero-order valence-electron chi connectivity index (χ0n) is 12.0. The van der Waals surface area contributed by atoms with E-state index in [9.17, 15) is 18.3 Å². The Morgan fingerprint density at radius 3 is 2.45 bits per heavy atom. The summed E-state index contributed by atoms with van der Waals surface area (Å²) in [4.78, 5) is 3.97. The molecule has 0 unspecified atom stereocenters. The van der Waals surface area contributed by atoms with Gasteiger partial charge in [-0.05, 0) is 38.3 Å². The van der Waals surface area contributed by atoms with Gasteiger partial charge in [0, 0.05) is 17.8 Å². The van der Waals surface area contributed by atoms with Crippen molar-refractivity contribution in [1.29, 1.82) is 0 Å². The first-order chi connectivity index (χ1) is 9.27. The van der Waals surface area contributed by atoms with E-state index in [2.05, 4.69) is 4.99 Å². The quantitative estimate of drug-likeness (QED) is 0.790. The fourth-order valence-electron chi connectivity index (χ4n) is 1.82. The second-order valence-corrected chi connectivity index (χ2v) is 5.01. The van der Waals surface area contributed by atoms with Crippen LogP contribution in [0.15, 0.2) is 17.1 Å². The molecule has 0 aliphatic heterocycles. The van der Waals surface area contributed by atoms with Gasteiger partial charge in [-0.1, -0.05) is 19.4 Å². The molecule has 0 aliphatic rings. The van der Waals surface area contributed by atoms with Crippen LogP contribution in [0.3, 0.4) is 0 Å². The predicted octanol–water partition coefficient (Wildman–Crippen LogP) is 4.58. The maximum absolute atomic E-state index is 13.0. The van der Waals surface area contributed by atoms with E-state index < -0.39 is 11.7 Å². The molecule has 0 fully saturated rings. The number of benzene rings is 1. The van der Waals surface area contributed by atoms with Crippen molar-refractivity contribution in [2.45, 2.75) is 52.3 Å². The highest BCUT2D eigenvalue weighted by Gasteiger charge is 2.34. The molecule has 0 spiro atoms. The first-order valence-electron chi connectivity index (χ1n) is 6.72. The average Bonchev–Trinajstić information content (AvgIpc) is 2.34. The third-order valence-electron chi connectivity index (χ3n) is 2.91. The maximum Gasteiger partial charge on any atom is 0.417 e. The Kier molecular flexibility index (Phi) is 5.60. The number of unbranched alkanes of at least 4 members (excludes halogenated alkanes) is 1. The van der Waals surface area contributed by atoms with E-state index >= 15 is 0 Å². The highest BCUT2D eigenvalue weighted by atomic mass is 19.4. The maximum atomic E-state index is 13.0. The normalized spacial score (nSPS) is 12.6. The Balaban J connectivity index is 3.30. The van der Waals surface area contributed by atoms with Crippen molar-refractivity contribution in [3.8, 4) is 5.75 Å².